The molecule has 0 radical (unpaired) electrons. The Morgan fingerprint density at radius 1 is 1.41 bits per heavy atom. The Morgan fingerprint density at radius 2 is 2.23 bits per heavy atom. The smallest absolute Gasteiger partial charge is 0.214 e. The third-order valence-electron chi connectivity index (χ3n) is 3.20. The van der Waals surface area contributed by atoms with Gasteiger partial charge in [0.05, 0.1) is 24.3 Å². The average Bonchev–Trinajstić information content (AvgIpc) is 3.08. The molecular weight excluding hydrogens is 290 g/mol. The molecule has 0 aliphatic rings. The minimum atomic E-state index is -0.584. The summed E-state index contributed by atoms with van der Waals surface area (Å²) in [5.74, 6) is -1.07. The highest BCUT2D eigenvalue weighted by Gasteiger charge is 2.18. The molecule has 0 amide bonds. The molecule has 3 rings (SSSR count). The number of nitrogens with zero attached hydrogens (tertiary/aromatic N) is 4. The third-order valence-corrected chi connectivity index (χ3v) is 3.20. The number of H-pyrrole nitrogens is 1. The van der Waals surface area contributed by atoms with Gasteiger partial charge >= 0.3 is 0 Å². The minimum absolute atomic E-state index is 0.0192. The highest BCUT2D eigenvalue weighted by Crippen LogP contribution is 2.22. The first-order valence-corrected chi connectivity index (χ1v) is 6.38. The van der Waals surface area contributed by atoms with Crippen LogP contribution in [0.2, 0.25) is 0 Å². The second-order valence-electron chi connectivity index (χ2n) is 4.44. The standard InChI is InChI=1S/C14H12F2N6/c1-18-22-11(2-3-12(22)16)13(21-7-17)10-6-20-14-9(10)4-8(15)5-19-14/h2-6H,1,7,17H2,(H,19,20)/b21-13-. The fraction of sp³-hybridized carbons (Fsp3) is 0.0714. The van der Waals surface area contributed by atoms with Crippen LogP contribution in [0, 0.1) is 11.8 Å². The van der Waals surface area contributed by atoms with Crippen LogP contribution in [-0.4, -0.2) is 33.7 Å². The number of hydrogen-bond donors (Lipinski definition) is 2. The molecule has 112 valence electrons. The number of hydrogen-bond acceptors (Lipinski definition) is 4. The summed E-state index contributed by atoms with van der Waals surface area (Å²) in [6.07, 6.45) is 2.72. The van der Waals surface area contributed by atoms with Crippen LogP contribution in [0.5, 0.6) is 0 Å². The summed E-state index contributed by atoms with van der Waals surface area (Å²) in [6.45, 7) is 3.31. The van der Waals surface area contributed by atoms with Gasteiger partial charge in [-0.3, -0.25) is 4.99 Å². The van der Waals surface area contributed by atoms with E-state index in [0.29, 0.717) is 28.0 Å². The molecule has 0 fully saturated rings. The predicted octanol–water partition coefficient (Wildman–Crippen LogP) is 1.86. The van der Waals surface area contributed by atoms with Crippen LogP contribution in [-0.2, 0) is 0 Å². The van der Waals surface area contributed by atoms with Crippen molar-refractivity contribution in [3.63, 3.8) is 0 Å². The number of aromatic nitrogens is 3. The number of aliphatic imine (C=N–C) groups is 1. The largest absolute Gasteiger partial charge is 0.345 e. The van der Waals surface area contributed by atoms with Crippen LogP contribution in [0.15, 0.2) is 40.7 Å². The third kappa shape index (κ3) is 2.19. The maximum Gasteiger partial charge on any atom is 0.214 e. The summed E-state index contributed by atoms with van der Waals surface area (Å²) in [4.78, 5) is 11.1. The maximum atomic E-state index is 13.7. The van der Waals surface area contributed by atoms with E-state index in [1.54, 1.807) is 6.20 Å². The topological polar surface area (TPSA) is 84.4 Å². The van der Waals surface area contributed by atoms with E-state index in [-0.39, 0.29) is 6.67 Å². The van der Waals surface area contributed by atoms with E-state index in [1.807, 2.05) is 0 Å². The second-order valence-corrected chi connectivity index (χ2v) is 4.44. The van der Waals surface area contributed by atoms with Crippen molar-refractivity contribution in [3.05, 3.63) is 53.6 Å². The van der Waals surface area contributed by atoms with E-state index in [0.717, 1.165) is 10.9 Å². The van der Waals surface area contributed by atoms with Gasteiger partial charge in [0.15, 0.2) is 0 Å². The van der Waals surface area contributed by atoms with Gasteiger partial charge in [0.25, 0.3) is 0 Å². The molecule has 8 heteroatoms. The van der Waals surface area contributed by atoms with Gasteiger partial charge in [-0.1, -0.05) is 0 Å². The van der Waals surface area contributed by atoms with Gasteiger partial charge in [-0.2, -0.15) is 9.49 Å². The Labute approximate surface area is 124 Å². The summed E-state index contributed by atoms with van der Waals surface area (Å²) < 4.78 is 28.2. The summed E-state index contributed by atoms with van der Waals surface area (Å²) in [6, 6.07) is 4.07. The lowest BCUT2D eigenvalue weighted by Gasteiger charge is -2.07. The molecule has 0 aromatic carbocycles. The van der Waals surface area contributed by atoms with Crippen LogP contribution >= 0.6 is 0 Å². The minimum Gasteiger partial charge on any atom is -0.345 e. The Morgan fingerprint density at radius 3 is 2.95 bits per heavy atom. The monoisotopic (exact) mass is 302 g/mol. The predicted molar refractivity (Wildman–Crippen MR) is 80.1 cm³/mol. The van der Waals surface area contributed by atoms with Crippen molar-refractivity contribution in [3.8, 4) is 0 Å². The van der Waals surface area contributed by atoms with Gasteiger partial charge in [0.2, 0.25) is 5.95 Å². The molecule has 0 unspecified atom stereocenters. The first kappa shape index (κ1) is 14.1. The van der Waals surface area contributed by atoms with Crippen LogP contribution in [0.1, 0.15) is 11.3 Å². The molecule has 3 heterocycles. The van der Waals surface area contributed by atoms with Gasteiger partial charge in [-0.05, 0) is 18.2 Å². The number of halogens is 2. The maximum absolute atomic E-state index is 13.7. The summed E-state index contributed by atoms with van der Waals surface area (Å²) in [7, 11) is 0. The molecule has 22 heavy (non-hydrogen) atoms. The molecule has 3 aromatic heterocycles. The van der Waals surface area contributed by atoms with Crippen LogP contribution < -0.4 is 5.73 Å². The zero-order valence-electron chi connectivity index (χ0n) is 11.4. The van der Waals surface area contributed by atoms with E-state index in [1.165, 1.54) is 18.2 Å². The fourth-order valence-electron chi connectivity index (χ4n) is 2.30. The molecule has 6 nitrogen and oxygen atoms in total. The highest BCUT2D eigenvalue weighted by atomic mass is 19.1. The molecule has 0 aliphatic carbocycles. The number of aromatic amines is 1. The number of nitrogens with two attached hydrogens (primary N) is 1. The van der Waals surface area contributed by atoms with E-state index in [4.69, 9.17) is 5.73 Å². The van der Waals surface area contributed by atoms with Crippen molar-refractivity contribution in [1.82, 2.24) is 14.6 Å². The molecule has 3 N–H and O–H groups in total. The Kier molecular flexibility index (Phi) is 3.51. The molecule has 0 saturated heterocycles. The number of fused-ring (bicyclic) bond motifs is 1. The SMILES string of the molecule is C=Nn1c(F)ccc1/C(=N\CN)c1c[nH]c2ncc(F)cc12. The lowest BCUT2D eigenvalue weighted by atomic mass is 10.1. The second kappa shape index (κ2) is 5.49. The van der Waals surface area contributed by atoms with Crippen molar-refractivity contribution < 1.29 is 8.78 Å². The lowest BCUT2D eigenvalue weighted by molar-refractivity contribution is 0.529. The molecule has 0 bridgehead atoms. The van der Waals surface area contributed by atoms with Crippen molar-refractivity contribution in [2.45, 2.75) is 0 Å². The Bertz CT molecular complexity index is 877. The molecule has 0 saturated carbocycles. The van der Waals surface area contributed by atoms with Crippen molar-refractivity contribution in [2.24, 2.45) is 15.8 Å². The Hall–Kier alpha value is -2.87. The summed E-state index contributed by atoms with van der Waals surface area (Å²) in [5, 5.41) is 4.13. The first-order chi connectivity index (χ1) is 10.7. The molecule has 0 spiro atoms. The normalized spacial score (nSPS) is 12.0. The van der Waals surface area contributed by atoms with E-state index in [2.05, 4.69) is 26.8 Å². The van der Waals surface area contributed by atoms with Gasteiger partial charge < -0.3 is 10.7 Å². The van der Waals surface area contributed by atoms with Crippen molar-refractivity contribution in [2.75, 3.05) is 6.67 Å². The lowest BCUT2D eigenvalue weighted by Crippen LogP contribution is -2.12. The summed E-state index contributed by atoms with van der Waals surface area (Å²) >= 11 is 0. The zero-order chi connectivity index (χ0) is 15.7. The van der Waals surface area contributed by atoms with Gasteiger partial charge in [-0.25, -0.2) is 14.1 Å². The number of nitrogens with one attached hydrogen (secondary N) is 1. The molecule has 3 aromatic rings. The van der Waals surface area contributed by atoms with Gasteiger partial charge in [0.1, 0.15) is 11.5 Å². The molecular formula is C14H12F2N6. The van der Waals surface area contributed by atoms with E-state index in [9.17, 15) is 8.78 Å². The van der Waals surface area contributed by atoms with E-state index < -0.39 is 11.8 Å². The fourth-order valence-corrected chi connectivity index (χ4v) is 2.30. The number of pyridine rings is 1. The molecule has 0 aliphatic heterocycles. The average molecular weight is 302 g/mol. The highest BCUT2D eigenvalue weighted by molar-refractivity contribution is 6.18. The van der Waals surface area contributed by atoms with Gasteiger partial charge in [0, 0.05) is 23.9 Å². The van der Waals surface area contributed by atoms with Crippen LogP contribution in [0.3, 0.4) is 0 Å². The van der Waals surface area contributed by atoms with Crippen molar-refractivity contribution >= 4 is 23.5 Å². The number of rotatable bonds is 4. The Balaban J connectivity index is 2.25. The summed E-state index contributed by atoms with van der Waals surface area (Å²) in [5.41, 5.74) is 7.29. The first-order valence-electron chi connectivity index (χ1n) is 6.38. The van der Waals surface area contributed by atoms with Crippen LogP contribution in [0.4, 0.5) is 8.78 Å². The quantitative estimate of drug-likeness (QED) is 0.721. The van der Waals surface area contributed by atoms with E-state index >= 15 is 0 Å². The van der Waals surface area contributed by atoms with Crippen LogP contribution in [0.25, 0.3) is 11.0 Å². The zero-order valence-corrected chi connectivity index (χ0v) is 11.4. The van der Waals surface area contributed by atoms with Gasteiger partial charge in [-0.15, -0.1) is 0 Å². The molecule has 0 atom stereocenters. The van der Waals surface area contributed by atoms with Crippen molar-refractivity contribution in [1.29, 1.82) is 0 Å².